The quantitative estimate of drug-likeness (QED) is 0.823. The normalized spacial score (nSPS) is 14.0. The van der Waals surface area contributed by atoms with Crippen LogP contribution < -0.4 is 5.32 Å². The van der Waals surface area contributed by atoms with E-state index >= 15 is 0 Å². The number of piperazine rings is 1. The molecule has 1 heterocycles. The summed E-state index contributed by atoms with van der Waals surface area (Å²) in [6.07, 6.45) is 0.797. The number of hydrogen-bond acceptors (Lipinski definition) is 3. The largest absolute Gasteiger partial charge is 0.342 e. The molecule has 0 radical (unpaired) electrons. The molecule has 140 valence electrons. The summed E-state index contributed by atoms with van der Waals surface area (Å²) in [5, 5.41) is 3.45. The van der Waals surface area contributed by atoms with Crippen molar-refractivity contribution in [2.45, 2.75) is 6.92 Å². The van der Waals surface area contributed by atoms with Crippen LogP contribution in [0.3, 0.4) is 0 Å². The predicted octanol–water partition coefficient (Wildman–Crippen LogP) is 2.81. The van der Waals surface area contributed by atoms with Crippen molar-refractivity contribution in [3.05, 3.63) is 64.2 Å². The van der Waals surface area contributed by atoms with Gasteiger partial charge in [-0.25, -0.2) is 0 Å². The van der Waals surface area contributed by atoms with E-state index in [0.717, 1.165) is 12.0 Å². The van der Waals surface area contributed by atoms with Gasteiger partial charge in [-0.05, 0) is 48.9 Å². The molecule has 7 heteroatoms. The van der Waals surface area contributed by atoms with E-state index in [0.29, 0.717) is 48.0 Å². The van der Waals surface area contributed by atoms with Gasteiger partial charge in [-0.15, -0.1) is 0 Å². The molecule has 0 spiro atoms. The monoisotopic (exact) mass is 385 g/mol. The molecule has 1 fully saturated rings. The van der Waals surface area contributed by atoms with E-state index in [1.807, 2.05) is 6.92 Å². The Kier molecular flexibility index (Phi) is 5.76. The number of carbonyl (C=O) groups is 3. The fourth-order valence-electron chi connectivity index (χ4n) is 2.97. The molecule has 0 atom stereocenters. The molecular formula is C20H20ClN3O3. The Bertz CT molecular complexity index is 877. The number of nitrogens with one attached hydrogen (secondary N) is 1. The Labute approximate surface area is 162 Å². The van der Waals surface area contributed by atoms with Gasteiger partial charge in [-0.3, -0.25) is 14.4 Å². The number of carbonyl (C=O) groups excluding carboxylic acids is 3. The fourth-order valence-corrected chi connectivity index (χ4v) is 3.19. The summed E-state index contributed by atoms with van der Waals surface area (Å²) in [7, 11) is 0. The van der Waals surface area contributed by atoms with Crippen LogP contribution in [-0.2, 0) is 4.79 Å². The number of benzene rings is 2. The van der Waals surface area contributed by atoms with E-state index in [9.17, 15) is 14.4 Å². The lowest BCUT2D eigenvalue weighted by Gasteiger charge is -2.32. The number of hydrogen-bond donors (Lipinski definition) is 1. The van der Waals surface area contributed by atoms with Crippen molar-refractivity contribution in [1.29, 1.82) is 0 Å². The van der Waals surface area contributed by atoms with E-state index in [1.54, 1.807) is 52.3 Å². The molecule has 0 aliphatic carbocycles. The summed E-state index contributed by atoms with van der Waals surface area (Å²) < 4.78 is 0. The molecule has 2 aromatic rings. The molecule has 1 aliphatic rings. The first-order valence-corrected chi connectivity index (χ1v) is 9.02. The van der Waals surface area contributed by atoms with E-state index in [4.69, 9.17) is 11.6 Å². The summed E-state index contributed by atoms with van der Waals surface area (Å²) in [6.45, 7) is 3.87. The molecule has 3 rings (SSSR count). The molecule has 1 aliphatic heterocycles. The molecule has 0 aromatic heterocycles. The van der Waals surface area contributed by atoms with Gasteiger partial charge in [0.05, 0.1) is 0 Å². The van der Waals surface area contributed by atoms with Gasteiger partial charge in [-0.1, -0.05) is 17.7 Å². The molecule has 3 amide bonds. The summed E-state index contributed by atoms with van der Waals surface area (Å²) in [5.74, 6) is -0.432. The summed E-state index contributed by atoms with van der Waals surface area (Å²) in [6, 6.07) is 11.9. The van der Waals surface area contributed by atoms with E-state index in [-0.39, 0.29) is 11.8 Å². The Morgan fingerprint density at radius 2 is 1.74 bits per heavy atom. The first-order chi connectivity index (χ1) is 13.0. The lowest BCUT2D eigenvalue weighted by molar-refractivity contribution is -0.119. The topological polar surface area (TPSA) is 69.7 Å². The van der Waals surface area contributed by atoms with Crippen LogP contribution in [0.1, 0.15) is 26.3 Å². The molecule has 2 aromatic carbocycles. The Balaban J connectivity index is 1.72. The predicted molar refractivity (Wildman–Crippen MR) is 104 cm³/mol. The average Bonchev–Trinajstić information content (AvgIpc) is 2.69. The minimum Gasteiger partial charge on any atom is -0.342 e. The van der Waals surface area contributed by atoms with Crippen LogP contribution in [-0.4, -0.2) is 54.2 Å². The minimum atomic E-state index is -0.291. The van der Waals surface area contributed by atoms with E-state index in [2.05, 4.69) is 5.32 Å². The van der Waals surface area contributed by atoms with Gasteiger partial charge in [0.1, 0.15) is 0 Å². The molecule has 1 N–H and O–H groups in total. The SMILES string of the molecule is Cc1cc(Cl)ccc1NC(=O)c1cccc(C(=O)N2CCN(C=O)CC2)c1. The van der Waals surface area contributed by atoms with Crippen LogP contribution in [0.25, 0.3) is 0 Å². The van der Waals surface area contributed by atoms with Crippen molar-refractivity contribution in [2.75, 3.05) is 31.5 Å². The van der Waals surface area contributed by atoms with Gasteiger partial charge in [0.15, 0.2) is 0 Å². The van der Waals surface area contributed by atoms with E-state index in [1.165, 1.54) is 0 Å². The second-order valence-corrected chi connectivity index (χ2v) is 6.86. The lowest BCUT2D eigenvalue weighted by Crippen LogP contribution is -2.48. The molecule has 1 saturated heterocycles. The maximum atomic E-state index is 12.7. The van der Waals surface area contributed by atoms with Crippen LogP contribution in [0.5, 0.6) is 0 Å². The van der Waals surface area contributed by atoms with Crippen molar-refractivity contribution >= 4 is 35.5 Å². The third-order valence-electron chi connectivity index (χ3n) is 4.56. The highest BCUT2D eigenvalue weighted by Crippen LogP contribution is 2.20. The van der Waals surface area contributed by atoms with Crippen LogP contribution in [0, 0.1) is 6.92 Å². The lowest BCUT2D eigenvalue weighted by atomic mass is 10.1. The second kappa shape index (κ2) is 8.22. The summed E-state index contributed by atoms with van der Waals surface area (Å²) in [5.41, 5.74) is 2.39. The van der Waals surface area contributed by atoms with Crippen LogP contribution in [0.4, 0.5) is 5.69 Å². The molecular weight excluding hydrogens is 366 g/mol. The molecule has 0 bridgehead atoms. The fraction of sp³-hybridized carbons (Fsp3) is 0.250. The zero-order valence-electron chi connectivity index (χ0n) is 14.9. The van der Waals surface area contributed by atoms with Gasteiger partial charge in [0.2, 0.25) is 6.41 Å². The van der Waals surface area contributed by atoms with Gasteiger partial charge in [0.25, 0.3) is 11.8 Å². The Morgan fingerprint density at radius 3 is 2.41 bits per heavy atom. The average molecular weight is 386 g/mol. The first-order valence-electron chi connectivity index (χ1n) is 8.64. The molecule has 0 saturated carbocycles. The first kappa shape index (κ1) is 18.9. The van der Waals surface area contributed by atoms with Crippen LogP contribution in [0.15, 0.2) is 42.5 Å². The summed E-state index contributed by atoms with van der Waals surface area (Å²) >= 11 is 5.94. The van der Waals surface area contributed by atoms with Gasteiger partial charge in [-0.2, -0.15) is 0 Å². The van der Waals surface area contributed by atoms with Crippen molar-refractivity contribution < 1.29 is 14.4 Å². The van der Waals surface area contributed by atoms with Crippen molar-refractivity contribution in [3.63, 3.8) is 0 Å². The molecule has 6 nitrogen and oxygen atoms in total. The summed E-state index contributed by atoms with van der Waals surface area (Å²) in [4.78, 5) is 39.4. The highest BCUT2D eigenvalue weighted by Gasteiger charge is 2.22. The number of anilines is 1. The third-order valence-corrected chi connectivity index (χ3v) is 4.79. The number of rotatable bonds is 4. The number of halogens is 1. The Hall–Kier alpha value is -2.86. The Morgan fingerprint density at radius 1 is 1.04 bits per heavy atom. The smallest absolute Gasteiger partial charge is 0.255 e. The standard InChI is InChI=1S/C20H20ClN3O3/c1-14-11-17(21)5-6-18(14)22-19(26)15-3-2-4-16(12-15)20(27)24-9-7-23(13-25)8-10-24/h2-6,11-13H,7-10H2,1H3,(H,22,26). The van der Waals surface area contributed by atoms with Gasteiger partial charge in [0, 0.05) is 48.0 Å². The highest BCUT2D eigenvalue weighted by atomic mass is 35.5. The number of amides is 3. The molecule has 27 heavy (non-hydrogen) atoms. The maximum Gasteiger partial charge on any atom is 0.255 e. The van der Waals surface area contributed by atoms with Crippen molar-refractivity contribution in [1.82, 2.24) is 9.80 Å². The zero-order chi connectivity index (χ0) is 19.4. The van der Waals surface area contributed by atoms with Gasteiger partial charge >= 0.3 is 0 Å². The minimum absolute atomic E-state index is 0.141. The van der Waals surface area contributed by atoms with Crippen LogP contribution >= 0.6 is 11.6 Å². The second-order valence-electron chi connectivity index (χ2n) is 6.43. The van der Waals surface area contributed by atoms with Crippen molar-refractivity contribution in [2.24, 2.45) is 0 Å². The highest BCUT2D eigenvalue weighted by molar-refractivity contribution is 6.30. The van der Waals surface area contributed by atoms with E-state index < -0.39 is 0 Å². The maximum absolute atomic E-state index is 12.7. The number of nitrogens with zero attached hydrogens (tertiary/aromatic N) is 2. The zero-order valence-corrected chi connectivity index (χ0v) is 15.7. The molecule has 0 unspecified atom stereocenters. The van der Waals surface area contributed by atoms with Gasteiger partial charge < -0.3 is 15.1 Å². The number of aryl methyl sites for hydroxylation is 1. The third kappa shape index (κ3) is 4.46. The van der Waals surface area contributed by atoms with Crippen LogP contribution in [0.2, 0.25) is 5.02 Å². The van der Waals surface area contributed by atoms with Crippen molar-refractivity contribution in [3.8, 4) is 0 Å².